The molecule has 0 atom stereocenters. The molecule has 2 N–H and O–H groups in total. The Morgan fingerprint density at radius 3 is 1.31 bits per heavy atom. The monoisotopic (exact) mass is 273 g/mol. The average Bonchev–Trinajstić information content (AvgIpc) is 2.10. The van der Waals surface area contributed by atoms with Gasteiger partial charge in [0.1, 0.15) is 0 Å². The quantitative estimate of drug-likeness (QED) is 0.405. The minimum absolute atomic E-state index is 0. The Balaban J connectivity index is -0.0000000226. The second-order valence-corrected chi connectivity index (χ2v) is 1.84. The Bertz CT molecular complexity index is 89.9. The minimum atomic E-state index is 0. The van der Waals surface area contributed by atoms with Crippen molar-refractivity contribution in [2.75, 3.05) is 6.67 Å². The Hall–Kier alpha value is -0.587. The van der Waals surface area contributed by atoms with E-state index in [1.807, 2.05) is 0 Å². The van der Waals surface area contributed by atoms with Crippen molar-refractivity contribution in [1.82, 2.24) is 0 Å². The van der Waals surface area contributed by atoms with Crippen molar-refractivity contribution >= 4 is 13.6 Å². The molecular weight excluding hydrogens is 257 g/mol. The van der Waals surface area contributed by atoms with Crippen molar-refractivity contribution in [1.29, 1.82) is 0 Å². The van der Waals surface area contributed by atoms with E-state index < -0.39 is 0 Å². The maximum atomic E-state index is 7.75. The molecule has 0 aromatic heterocycles. The summed E-state index contributed by atoms with van der Waals surface area (Å²) in [5.74, 6) is 1.42. The number of carbonyl (C=O) groups excluding carboxylic acids is 2. The zero-order valence-corrected chi connectivity index (χ0v) is 9.79. The second-order valence-electron chi connectivity index (χ2n) is 1.84. The van der Waals surface area contributed by atoms with E-state index in [1.54, 1.807) is 0 Å². The Labute approximate surface area is 93.5 Å². The Morgan fingerprint density at radius 1 is 1.23 bits per heavy atom. The third kappa shape index (κ3) is 5920. The first kappa shape index (κ1) is 29.4. The Kier molecular flexibility index (Phi) is 144. The van der Waals surface area contributed by atoms with Crippen LogP contribution in [0.3, 0.4) is 0 Å². The summed E-state index contributed by atoms with van der Waals surface area (Å²) < 4.78 is 0. The molecule has 76 valence electrons. The van der Waals surface area contributed by atoms with Gasteiger partial charge in [-0.1, -0.05) is 0 Å². The maximum absolute atomic E-state index is 7.75. The van der Waals surface area contributed by atoms with E-state index in [-0.39, 0.29) is 26.1 Å². The zero-order valence-electron chi connectivity index (χ0n) is 8.06. The van der Waals surface area contributed by atoms with Gasteiger partial charge < -0.3 is 15.5 Å². The van der Waals surface area contributed by atoms with Crippen LogP contribution in [0.1, 0.15) is 20.8 Å². The fourth-order valence-electron chi connectivity index (χ4n) is 0. The molecular formula is C8H15N2O2Ru+. The molecule has 0 radical (unpaired) electrons. The normalized spacial score (nSPS) is 4.92. The van der Waals surface area contributed by atoms with E-state index >= 15 is 0 Å². The molecule has 0 aromatic carbocycles. The van der Waals surface area contributed by atoms with Crippen LogP contribution < -0.4 is 5.73 Å². The largest absolute Gasteiger partial charge is 4.00 e. The fraction of sp³-hybridized carbons (Fsp3) is 0.500. The van der Waals surface area contributed by atoms with Gasteiger partial charge in [-0.2, -0.15) is 20.8 Å². The first-order valence-electron chi connectivity index (χ1n) is 2.92. The molecule has 0 aliphatic carbocycles. The van der Waals surface area contributed by atoms with Crippen LogP contribution in [0, 0.1) is 12.5 Å². The minimum Gasteiger partial charge on any atom is -0.545 e. The molecule has 0 saturated heterocycles. The molecule has 13 heavy (non-hydrogen) atoms. The average molecular weight is 272 g/mol. The van der Waals surface area contributed by atoms with E-state index in [0.717, 1.165) is 0 Å². The van der Waals surface area contributed by atoms with Crippen LogP contribution in [-0.2, 0) is 29.1 Å². The molecule has 5 heteroatoms. The van der Waals surface area contributed by atoms with Crippen LogP contribution in [0.4, 0.5) is 0 Å². The summed E-state index contributed by atoms with van der Waals surface area (Å²) in [5.41, 5.74) is 4.67. The number of nitrogens with two attached hydrogens (primary N) is 1. The van der Waals surface area contributed by atoms with Gasteiger partial charge in [0.05, 0.1) is 0 Å². The van der Waals surface area contributed by atoms with E-state index in [1.165, 1.54) is 5.92 Å². The molecule has 0 aromatic rings. The first-order valence-corrected chi connectivity index (χ1v) is 2.92. The van der Waals surface area contributed by atoms with Gasteiger partial charge in [-0.15, -0.1) is 0 Å². The number of hydrogen-bond acceptors (Lipinski definition) is 3. The van der Waals surface area contributed by atoms with Crippen molar-refractivity contribution in [3.05, 3.63) is 17.3 Å². The molecule has 0 bridgehead atoms. The van der Waals surface area contributed by atoms with Crippen LogP contribution in [0.2, 0.25) is 0 Å². The number of rotatable bonds is 0. The number of nitrogens with zero attached hydrogens (tertiary/aromatic N) is 1. The van der Waals surface area contributed by atoms with Crippen molar-refractivity contribution in [3.63, 3.8) is 0 Å². The van der Waals surface area contributed by atoms with E-state index in [2.05, 4.69) is 44.9 Å². The van der Waals surface area contributed by atoms with E-state index in [4.69, 9.17) is 16.2 Å². The summed E-state index contributed by atoms with van der Waals surface area (Å²) in [6.07, 6.45) is 0. The van der Waals surface area contributed by atoms with Gasteiger partial charge in [-0.05, 0) is 0 Å². The summed E-state index contributed by atoms with van der Waals surface area (Å²) in [6, 6.07) is 0. The topological polar surface area (TPSA) is 64.5 Å². The molecule has 0 heterocycles. The van der Waals surface area contributed by atoms with Crippen molar-refractivity contribution in [2.45, 2.75) is 20.8 Å². The van der Waals surface area contributed by atoms with Crippen molar-refractivity contribution in [2.24, 2.45) is 5.73 Å². The van der Waals surface area contributed by atoms with Gasteiger partial charge in [-0.25, -0.2) is 6.57 Å². The van der Waals surface area contributed by atoms with Crippen LogP contribution in [0.25, 0.3) is 4.85 Å². The van der Waals surface area contributed by atoms with Gasteiger partial charge in [0.25, 0.3) is 6.67 Å². The summed E-state index contributed by atoms with van der Waals surface area (Å²) in [7, 11) is 0. The number of hydrogen-bond donors (Lipinski definition) is 1. The first-order chi connectivity index (χ1) is 5.65. The standard InChI is InChI=1S/C4H9.C2H4N2.2CHO.Ru/c1-4(2)3;1-4-2-3;2*1-2;/h1-3H3;2-3H2;2*1H;/q-1;;2*-1;+4. The summed E-state index contributed by atoms with van der Waals surface area (Å²) in [5, 5.41) is 0. The predicted octanol–water partition coefficient (Wildman–Crippen LogP) is 0.892. The molecule has 0 aliphatic rings. The van der Waals surface area contributed by atoms with Crippen LogP contribution in [0.5, 0.6) is 0 Å². The third-order valence-corrected chi connectivity index (χ3v) is 0.0913. The molecule has 0 aliphatic heterocycles. The van der Waals surface area contributed by atoms with Crippen molar-refractivity contribution < 1.29 is 29.1 Å². The van der Waals surface area contributed by atoms with E-state index in [9.17, 15) is 0 Å². The molecule has 0 rings (SSSR count). The van der Waals surface area contributed by atoms with Gasteiger partial charge in [0.2, 0.25) is 0 Å². The molecule has 0 fully saturated rings. The van der Waals surface area contributed by atoms with Crippen LogP contribution in [0.15, 0.2) is 0 Å². The van der Waals surface area contributed by atoms with Crippen LogP contribution >= 0.6 is 0 Å². The molecule has 0 spiro atoms. The third-order valence-electron chi connectivity index (χ3n) is 0.0913. The summed E-state index contributed by atoms with van der Waals surface area (Å²) in [4.78, 5) is 18.3. The Morgan fingerprint density at radius 2 is 1.31 bits per heavy atom. The zero-order chi connectivity index (χ0) is 11.0. The smallest absolute Gasteiger partial charge is 0.545 e. The fourth-order valence-corrected chi connectivity index (χ4v) is 0. The molecule has 0 saturated carbocycles. The molecule has 0 amide bonds. The summed E-state index contributed by atoms with van der Waals surface area (Å²) >= 11 is 0. The molecule has 4 nitrogen and oxygen atoms in total. The van der Waals surface area contributed by atoms with Gasteiger partial charge in [0, 0.05) is 0 Å². The predicted molar refractivity (Wildman–Crippen MR) is 49.4 cm³/mol. The maximum Gasteiger partial charge on any atom is 4.00 e. The van der Waals surface area contributed by atoms with Crippen molar-refractivity contribution in [3.8, 4) is 0 Å². The van der Waals surface area contributed by atoms with E-state index in [0.29, 0.717) is 0 Å². The van der Waals surface area contributed by atoms with Crippen LogP contribution in [-0.4, -0.2) is 20.2 Å². The van der Waals surface area contributed by atoms with Gasteiger partial charge >= 0.3 is 19.5 Å². The second kappa shape index (κ2) is 63.5. The summed E-state index contributed by atoms with van der Waals surface area (Å²) in [6.45, 7) is 18.8. The SMILES string of the molecule is C[C-](C)C.[C-]#[N+]CN.[CH-]=O.[CH-]=O.[Ru+4]. The molecule has 0 unspecified atom stereocenters. The van der Waals surface area contributed by atoms with Gasteiger partial charge in [0.15, 0.2) is 0 Å². The van der Waals surface area contributed by atoms with Gasteiger partial charge in [-0.3, -0.25) is 24.2 Å².